The first-order chi connectivity index (χ1) is 14.4. The monoisotopic (exact) mass is 402 g/mol. The van der Waals surface area contributed by atoms with E-state index >= 15 is 0 Å². The van der Waals surface area contributed by atoms with Crippen LogP contribution in [-0.4, -0.2) is 25.5 Å². The van der Waals surface area contributed by atoms with Crippen LogP contribution in [0.1, 0.15) is 35.7 Å². The first-order valence-electron chi connectivity index (χ1n) is 9.90. The number of rotatable bonds is 7. The molecule has 0 spiro atoms. The van der Waals surface area contributed by atoms with Crippen molar-refractivity contribution in [3.05, 3.63) is 90.0 Å². The highest BCUT2D eigenvalue weighted by atomic mass is 16.5. The summed E-state index contributed by atoms with van der Waals surface area (Å²) in [5.41, 5.74) is 3.05. The van der Waals surface area contributed by atoms with Gasteiger partial charge in [-0.1, -0.05) is 50.2 Å². The number of benzene rings is 3. The number of carbonyl (C=O) groups excluding carboxylic acids is 2. The average Bonchev–Trinajstić information content (AvgIpc) is 2.77. The quantitative estimate of drug-likeness (QED) is 0.598. The van der Waals surface area contributed by atoms with Gasteiger partial charge in [-0.15, -0.1) is 0 Å². The van der Waals surface area contributed by atoms with Crippen LogP contribution in [0, 0.1) is 0 Å². The van der Waals surface area contributed by atoms with Crippen molar-refractivity contribution in [2.45, 2.75) is 19.8 Å². The topological polar surface area (TPSA) is 58.6 Å². The summed E-state index contributed by atoms with van der Waals surface area (Å²) in [5, 5.41) is 2.78. The van der Waals surface area contributed by atoms with Crippen molar-refractivity contribution in [3.63, 3.8) is 0 Å². The van der Waals surface area contributed by atoms with Crippen LogP contribution in [0.15, 0.2) is 78.9 Å². The molecule has 2 amide bonds. The normalized spacial score (nSPS) is 10.5. The lowest BCUT2D eigenvalue weighted by molar-refractivity contribution is -0.118. The number of ether oxygens (including phenoxy) is 1. The van der Waals surface area contributed by atoms with E-state index in [2.05, 4.69) is 19.2 Å². The summed E-state index contributed by atoms with van der Waals surface area (Å²) in [7, 11) is 1.72. The standard InChI is InChI=1S/C25H26N2O3/c1-18(2)19-12-14-23(15-13-19)30-17-24(28)26-21-9-7-8-20(16-21)25(29)27(3)22-10-5-4-6-11-22/h4-16,18H,17H2,1-3H3,(H,26,28). The van der Waals surface area contributed by atoms with Crippen LogP contribution >= 0.6 is 0 Å². The number of nitrogens with one attached hydrogen (secondary N) is 1. The molecule has 0 aliphatic rings. The molecule has 30 heavy (non-hydrogen) atoms. The van der Waals surface area contributed by atoms with E-state index in [0.717, 1.165) is 5.69 Å². The lowest BCUT2D eigenvalue weighted by atomic mass is 10.0. The average molecular weight is 402 g/mol. The van der Waals surface area contributed by atoms with Gasteiger partial charge in [0.25, 0.3) is 11.8 Å². The summed E-state index contributed by atoms with van der Waals surface area (Å²) in [4.78, 5) is 26.6. The Labute approximate surface area is 177 Å². The predicted molar refractivity (Wildman–Crippen MR) is 120 cm³/mol. The van der Waals surface area contributed by atoms with Crippen molar-refractivity contribution < 1.29 is 14.3 Å². The molecule has 1 N–H and O–H groups in total. The van der Waals surface area contributed by atoms with Gasteiger partial charge >= 0.3 is 0 Å². The van der Waals surface area contributed by atoms with E-state index in [1.165, 1.54) is 5.56 Å². The first-order valence-corrected chi connectivity index (χ1v) is 9.90. The van der Waals surface area contributed by atoms with Crippen LogP contribution in [0.3, 0.4) is 0 Å². The van der Waals surface area contributed by atoms with Gasteiger partial charge in [0.05, 0.1) is 0 Å². The predicted octanol–water partition coefficient (Wildman–Crippen LogP) is 5.10. The third-order valence-corrected chi connectivity index (χ3v) is 4.76. The molecule has 0 aromatic heterocycles. The Morgan fingerprint density at radius 1 is 0.933 bits per heavy atom. The minimum atomic E-state index is -0.288. The second-order valence-electron chi connectivity index (χ2n) is 7.34. The van der Waals surface area contributed by atoms with E-state index in [-0.39, 0.29) is 18.4 Å². The molecule has 5 nitrogen and oxygen atoms in total. The van der Waals surface area contributed by atoms with Crippen LogP contribution < -0.4 is 15.0 Å². The van der Waals surface area contributed by atoms with E-state index in [1.54, 1.807) is 36.2 Å². The van der Waals surface area contributed by atoms with Gasteiger partial charge in [0.15, 0.2) is 6.61 Å². The molecule has 0 heterocycles. The summed E-state index contributed by atoms with van der Waals surface area (Å²) in [6.07, 6.45) is 0. The van der Waals surface area contributed by atoms with Crippen LogP contribution in [0.25, 0.3) is 0 Å². The van der Waals surface area contributed by atoms with E-state index in [1.807, 2.05) is 54.6 Å². The Kier molecular flexibility index (Phi) is 6.86. The second kappa shape index (κ2) is 9.74. The molecule has 0 aliphatic carbocycles. The number of anilines is 2. The van der Waals surface area contributed by atoms with Crippen molar-refractivity contribution in [1.29, 1.82) is 0 Å². The largest absolute Gasteiger partial charge is 0.484 e. The number of carbonyl (C=O) groups is 2. The Bertz CT molecular complexity index is 998. The molecule has 0 radical (unpaired) electrons. The van der Waals surface area contributed by atoms with E-state index < -0.39 is 0 Å². The van der Waals surface area contributed by atoms with Crippen molar-refractivity contribution in [3.8, 4) is 5.75 Å². The molecule has 5 heteroatoms. The SMILES string of the molecule is CC(C)c1ccc(OCC(=O)Nc2cccc(C(=O)N(C)c3ccccc3)c2)cc1. The molecule has 3 aromatic carbocycles. The van der Waals surface area contributed by atoms with Crippen LogP contribution in [0.2, 0.25) is 0 Å². The highest BCUT2D eigenvalue weighted by molar-refractivity contribution is 6.06. The van der Waals surface area contributed by atoms with Gasteiger partial charge in [0.2, 0.25) is 0 Å². The number of amides is 2. The fraction of sp³-hybridized carbons (Fsp3) is 0.200. The zero-order valence-corrected chi connectivity index (χ0v) is 17.5. The van der Waals surface area contributed by atoms with E-state index in [9.17, 15) is 9.59 Å². The molecular formula is C25H26N2O3. The van der Waals surface area contributed by atoms with Crippen molar-refractivity contribution in [1.82, 2.24) is 0 Å². The Morgan fingerprint density at radius 2 is 1.63 bits per heavy atom. The van der Waals surface area contributed by atoms with Gasteiger partial charge in [-0.3, -0.25) is 9.59 Å². The van der Waals surface area contributed by atoms with Crippen molar-refractivity contribution >= 4 is 23.2 Å². The maximum absolute atomic E-state index is 12.8. The molecule has 3 aromatic rings. The second-order valence-corrected chi connectivity index (χ2v) is 7.34. The summed E-state index contributed by atoms with van der Waals surface area (Å²) in [6, 6.07) is 24.0. The lowest BCUT2D eigenvalue weighted by Crippen LogP contribution is -2.26. The Balaban J connectivity index is 1.59. The van der Waals surface area contributed by atoms with Crippen LogP contribution in [-0.2, 0) is 4.79 Å². The minimum Gasteiger partial charge on any atom is -0.484 e. The van der Waals surface area contributed by atoms with Crippen LogP contribution in [0.4, 0.5) is 11.4 Å². The third kappa shape index (κ3) is 5.47. The fourth-order valence-corrected chi connectivity index (χ4v) is 2.99. The molecular weight excluding hydrogens is 376 g/mol. The maximum Gasteiger partial charge on any atom is 0.262 e. The third-order valence-electron chi connectivity index (χ3n) is 4.76. The molecule has 0 atom stereocenters. The first kappa shape index (κ1) is 21.1. The van der Waals surface area contributed by atoms with Crippen molar-refractivity contribution in [2.75, 3.05) is 23.9 Å². The number of para-hydroxylation sites is 1. The summed E-state index contributed by atoms with van der Waals surface area (Å²) < 4.78 is 5.56. The Morgan fingerprint density at radius 3 is 2.30 bits per heavy atom. The summed E-state index contributed by atoms with van der Waals surface area (Å²) in [6.45, 7) is 4.14. The molecule has 0 saturated heterocycles. The maximum atomic E-state index is 12.8. The van der Waals surface area contributed by atoms with E-state index in [4.69, 9.17) is 4.74 Å². The van der Waals surface area contributed by atoms with Crippen molar-refractivity contribution in [2.24, 2.45) is 0 Å². The van der Waals surface area contributed by atoms with Gasteiger partial charge in [-0.2, -0.15) is 0 Å². The minimum absolute atomic E-state index is 0.108. The molecule has 154 valence electrons. The molecule has 0 aliphatic heterocycles. The number of nitrogens with zero attached hydrogens (tertiary/aromatic N) is 1. The molecule has 0 bridgehead atoms. The van der Waals surface area contributed by atoms with E-state index in [0.29, 0.717) is 22.9 Å². The zero-order valence-electron chi connectivity index (χ0n) is 17.5. The van der Waals surface area contributed by atoms with Gasteiger partial charge in [0, 0.05) is 24.0 Å². The smallest absolute Gasteiger partial charge is 0.262 e. The lowest BCUT2D eigenvalue weighted by Gasteiger charge is -2.17. The number of hydrogen-bond acceptors (Lipinski definition) is 3. The van der Waals surface area contributed by atoms with Gasteiger partial charge in [-0.05, 0) is 53.9 Å². The van der Waals surface area contributed by atoms with Gasteiger partial charge in [0.1, 0.15) is 5.75 Å². The van der Waals surface area contributed by atoms with Gasteiger partial charge in [-0.25, -0.2) is 0 Å². The molecule has 3 rings (SSSR count). The molecule has 0 unspecified atom stereocenters. The number of hydrogen-bond donors (Lipinski definition) is 1. The van der Waals surface area contributed by atoms with Crippen LogP contribution in [0.5, 0.6) is 5.75 Å². The molecule has 0 saturated carbocycles. The molecule has 0 fully saturated rings. The highest BCUT2D eigenvalue weighted by Gasteiger charge is 2.14. The zero-order chi connectivity index (χ0) is 21.5. The summed E-state index contributed by atoms with van der Waals surface area (Å²) in [5.74, 6) is 0.643. The highest BCUT2D eigenvalue weighted by Crippen LogP contribution is 2.19. The van der Waals surface area contributed by atoms with Gasteiger partial charge < -0.3 is 15.0 Å². The summed E-state index contributed by atoms with van der Waals surface area (Å²) >= 11 is 0. The fourth-order valence-electron chi connectivity index (χ4n) is 2.99. The Hall–Kier alpha value is -3.60.